The molecule has 0 saturated heterocycles. The van der Waals surface area contributed by atoms with Crippen molar-refractivity contribution in [3.05, 3.63) is 36.0 Å². The first-order chi connectivity index (χ1) is 9.20. The van der Waals surface area contributed by atoms with Gasteiger partial charge < -0.3 is 18.8 Å². The zero-order valence-electron chi connectivity index (χ0n) is 9.91. The van der Waals surface area contributed by atoms with Crippen LogP contribution in [-0.4, -0.2) is 23.3 Å². The second kappa shape index (κ2) is 4.16. The molecule has 2 aromatic heterocycles. The molecule has 0 bridgehead atoms. The van der Waals surface area contributed by atoms with E-state index in [1.54, 1.807) is 12.1 Å². The summed E-state index contributed by atoms with van der Waals surface area (Å²) in [5, 5.41) is 13.3. The minimum absolute atomic E-state index is 0.0435. The van der Waals surface area contributed by atoms with Crippen LogP contribution in [0.3, 0.4) is 0 Å². The molecule has 0 saturated carbocycles. The van der Waals surface area contributed by atoms with E-state index in [9.17, 15) is 4.79 Å². The van der Waals surface area contributed by atoms with Gasteiger partial charge in [0.05, 0.1) is 13.3 Å². The Labute approximate surface area is 107 Å². The number of fused-ring (bicyclic) bond motifs is 1. The van der Waals surface area contributed by atoms with E-state index < -0.39 is 5.97 Å². The first kappa shape index (κ1) is 11.3. The van der Waals surface area contributed by atoms with Crippen LogP contribution in [0.2, 0.25) is 0 Å². The highest BCUT2D eigenvalue weighted by atomic mass is 16.5. The van der Waals surface area contributed by atoms with Crippen LogP contribution in [0.4, 0.5) is 0 Å². The topological polar surface area (TPSA) is 85.7 Å². The van der Waals surface area contributed by atoms with Gasteiger partial charge >= 0.3 is 5.97 Å². The summed E-state index contributed by atoms with van der Waals surface area (Å²) in [6.07, 6.45) is 1.14. The zero-order chi connectivity index (χ0) is 13.4. The summed E-state index contributed by atoms with van der Waals surface area (Å²) in [4.78, 5) is 11.0. The van der Waals surface area contributed by atoms with Gasteiger partial charge in [-0.05, 0) is 12.1 Å². The number of carboxylic acid groups (broad SMARTS) is 1. The molecule has 3 rings (SSSR count). The number of carboxylic acids is 1. The van der Waals surface area contributed by atoms with E-state index in [1.807, 2.05) is 12.1 Å². The molecule has 0 atom stereocenters. The van der Waals surface area contributed by atoms with Crippen molar-refractivity contribution in [1.29, 1.82) is 0 Å². The van der Waals surface area contributed by atoms with Gasteiger partial charge in [-0.2, -0.15) is 0 Å². The third-order valence-corrected chi connectivity index (χ3v) is 2.75. The molecule has 0 aliphatic rings. The van der Waals surface area contributed by atoms with Gasteiger partial charge in [-0.1, -0.05) is 17.3 Å². The number of hydrogen-bond acceptors (Lipinski definition) is 5. The number of hydrogen-bond donors (Lipinski definition) is 1. The fourth-order valence-electron chi connectivity index (χ4n) is 1.88. The lowest BCUT2D eigenvalue weighted by atomic mass is 10.2. The monoisotopic (exact) mass is 259 g/mol. The summed E-state index contributed by atoms with van der Waals surface area (Å²) in [6, 6.07) is 7.10. The smallest absolute Gasteiger partial charge is 0.341 e. The molecule has 19 heavy (non-hydrogen) atoms. The lowest BCUT2D eigenvalue weighted by Gasteiger charge is -1.98. The quantitative estimate of drug-likeness (QED) is 0.778. The second-order valence-electron chi connectivity index (χ2n) is 3.86. The molecule has 0 spiro atoms. The van der Waals surface area contributed by atoms with Crippen molar-refractivity contribution in [2.24, 2.45) is 0 Å². The number of furan rings is 1. The molecule has 0 fully saturated rings. The van der Waals surface area contributed by atoms with Gasteiger partial charge in [0.25, 0.3) is 0 Å². The van der Waals surface area contributed by atoms with Crippen LogP contribution in [0.25, 0.3) is 22.5 Å². The Morgan fingerprint density at radius 3 is 3.00 bits per heavy atom. The Morgan fingerprint density at radius 1 is 1.42 bits per heavy atom. The number of aromatic carboxylic acids is 1. The highest BCUT2D eigenvalue weighted by molar-refractivity contribution is 5.95. The third kappa shape index (κ3) is 1.74. The molecule has 1 aromatic carbocycles. The summed E-state index contributed by atoms with van der Waals surface area (Å²) < 4.78 is 15.7. The summed E-state index contributed by atoms with van der Waals surface area (Å²) in [6.45, 7) is 0. The molecule has 0 aliphatic heterocycles. The van der Waals surface area contributed by atoms with Crippen LogP contribution < -0.4 is 4.74 Å². The normalized spacial score (nSPS) is 10.8. The van der Waals surface area contributed by atoms with Crippen LogP contribution in [0.1, 0.15) is 10.4 Å². The van der Waals surface area contributed by atoms with Crippen molar-refractivity contribution in [3.8, 4) is 17.3 Å². The van der Waals surface area contributed by atoms with Gasteiger partial charge in [-0.3, -0.25) is 0 Å². The Balaban J connectivity index is 2.21. The SMILES string of the molecule is COc1cccc2cc(-c3oncc3C(=O)O)oc12. The molecule has 96 valence electrons. The fraction of sp³-hybridized carbons (Fsp3) is 0.0769. The molecule has 1 N–H and O–H groups in total. The van der Waals surface area contributed by atoms with Crippen LogP contribution in [-0.2, 0) is 0 Å². The molecule has 0 aliphatic carbocycles. The Morgan fingerprint density at radius 2 is 2.26 bits per heavy atom. The van der Waals surface area contributed by atoms with Crippen molar-refractivity contribution in [2.45, 2.75) is 0 Å². The van der Waals surface area contributed by atoms with Crippen molar-refractivity contribution >= 4 is 16.9 Å². The van der Waals surface area contributed by atoms with E-state index in [0.29, 0.717) is 17.1 Å². The summed E-state index contributed by atoms with van der Waals surface area (Å²) in [5.41, 5.74) is 0.491. The molecular weight excluding hydrogens is 250 g/mol. The molecule has 6 nitrogen and oxygen atoms in total. The fourth-order valence-corrected chi connectivity index (χ4v) is 1.88. The predicted molar refractivity (Wildman–Crippen MR) is 65.2 cm³/mol. The minimum Gasteiger partial charge on any atom is -0.493 e. The van der Waals surface area contributed by atoms with Crippen molar-refractivity contribution < 1.29 is 23.6 Å². The number of benzene rings is 1. The van der Waals surface area contributed by atoms with Crippen LogP contribution in [0, 0.1) is 0 Å². The third-order valence-electron chi connectivity index (χ3n) is 2.75. The summed E-state index contributed by atoms with van der Waals surface area (Å²) in [5.74, 6) is -0.163. The lowest BCUT2D eigenvalue weighted by molar-refractivity contribution is 0.0697. The number of para-hydroxylation sites is 1. The zero-order valence-corrected chi connectivity index (χ0v) is 9.91. The number of methoxy groups -OCH3 is 1. The van der Waals surface area contributed by atoms with Gasteiger partial charge in [0.15, 0.2) is 17.1 Å². The van der Waals surface area contributed by atoms with Crippen LogP contribution in [0.15, 0.2) is 39.4 Å². The number of aromatic nitrogens is 1. The van der Waals surface area contributed by atoms with Gasteiger partial charge in [0.2, 0.25) is 5.76 Å². The first-order valence-corrected chi connectivity index (χ1v) is 5.45. The number of rotatable bonds is 3. The predicted octanol–water partition coefficient (Wildman–Crippen LogP) is 2.79. The maximum atomic E-state index is 11.0. The van der Waals surface area contributed by atoms with Crippen LogP contribution >= 0.6 is 0 Å². The Bertz CT molecular complexity index is 755. The average Bonchev–Trinajstić information content (AvgIpc) is 3.03. The maximum absolute atomic E-state index is 11.0. The lowest BCUT2D eigenvalue weighted by Crippen LogP contribution is -1.95. The van der Waals surface area contributed by atoms with E-state index >= 15 is 0 Å². The van der Waals surface area contributed by atoms with Gasteiger partial charge in [-0.25, -0.2) is 4.79 Å². The molecule has 2 heterocycles. The second-order valence-corrected chi connectivity index (χ2v) is 3.86. The van der Waals surface area contributed by atoms with E-state index in [-0.39, 0.29) is 11.3 Å². The van der Waals surface area contributed by atoms with Crippen LogP contribution in [0.5, 0.6) is 5.75 Å². The number of carbonyl (C=O) groups is 1. The van der Waals surface area contributed by atoms with E-state index in [4.69, 9.17) is 18.8 Å². The van der Waals surface area contributed by atoms with E-state index in [0.717, 1.165) is 11.6 Å². The Kier molecular flexibility index (Phi) is 2.49. The molecule has 0 radical (unpaired) electrons. The number of nitrogens with zero attached hydrogens (tertiary/aromatic N) is 1. The van der Waals surface area contributed by atoms with Crippen molar-refractivity contribution in [2.75, 3.05) is 7.11 Å². The minimum atomic E-state index is -1.12. The number of ether oxygens (including phenoxy) is 1. The highest BCUT2D eigenvalue weighted by Crippen LogP contribution is 2.34. The van der Waals surface area contributed by atoms with E-state index in [2.05, 4.69) is 5.16 Å². The molecule has 3 aromatic rings. The average molecular weight is 259 g/mol. The molecule has 0 amide bonds. The van der Waals surface area contributed by atoms with Crippen molar-refractivity contribution in [3.63, 3.8) is 0 Å². The Hall–Kier alpha value is -2.76. The molecule has 6 heteroatoms. The first-order valence-electron chi connectivity index (χ1n) is 5.45. The maximum Gasteiger partial charge on any atom is 0.341 e. The largest absolute Gasteiger partial charge is 0.493 e. The van der Waals surface area contributed by atoms with Gasteiger partial charge in [0.1, 0.15) is 5.56 Å². The standard InChI is InChI=1S/C13H9NO5/c1-17-9-4-2-3-7-5-10(18-11(7)9)12-8(13(15)16)6-14-19-12/h2-6H,1H3,(H,15,16). The van der Waals surface area contributed by atoms with Gasteiger partial charge in [-0.15, -0.1) is 0 Å². The highest BCUT2D eigenvalue weighted by Gasteiger charge is 2.21. The summed E-state index contributed by atoms with van der Waals surface area (Å²) in [7, 11) is 1.54. The van der Waals surface area contributed by atoms with E-state index in [1.165, 1.54) is 7.11 Å². The molecular formula is C13H9NO5. The van der Waals surface area contributed by atoms with Gasteiger partial charge in [0, 0.05) is 5.39 Å². The van der Waals surface area contributed by atoms with Crippen molar-refractivity contribution in [1.82, 2.24) is 5.16 Å². The summed E-state index contributed by atoms with van der Waals surface area (Å²) >= 11 is 0. The molecule has 0 unspecified atom stereocenters.